The molecule has 3 aromatic rings. The second kappa shape index (κ2) is 9.03. The van der Waals surface area contributed by atoms with E-state index in [0.29, 0.717) is 22.6 Å². The molecule has 1 amide bonds. The maximum absolute atomic E-state index is 12.8. The number of nitrogens with two attached hydrogens (primary N) is 1. The van der Waals surface area contributed by atoms with Crippen LogP contribution in [0.2, 0.25) is 0 Å². The van der Waals surface area contributed by atoms with E-state index in [1.165, 1.54) is 6.21 Å². The van der Waals surface area contributed by atoms with Gasteiger partial charge in [0.15, 0.2) is 0 Å². The van der Waals surface area contributed by atoms with E-state index >= 15 is 0 Å². The Morgan fingerprint density at radius 1 is 1.14 bits per heavy atom. The first-order valence-corrected chi connectivity index (χ1v) is 9.12. The molecular formula is C23H23N3O3. The molecule has 0 saturated carbocycles. The number of aliphatic hydroxyl groups excluding tert-OH is 1. The zero-order valence-corrected chi connectivity index (χ0v) is 16.1. The fourth-order valence-corrected chi connectivity index (χ4v) is 3.05. The third-order valence-corrected chi connectivity index (χ3v) is 4.68. The number of nitrogen functional groups attached to an aromatic ring is 1. The van der Waals surface area contributed by atoms with Crippen LogP contribution in [0.4, 0.5) is 5.69 Å². The van der Waals surface area contributed by atoms with Gasteiger partial charge in [0.1, 0.15) is 5.75 Å². The van der Waals surface area contributed by atoms with E-state index < -0.39 is 6.04 Å². The number of amides is 1. The van der Waals surface area contributed by atoms with Gasteiger partial charge in [-0.25, -0.2) is 0 Å². The topological polar surface area (TPSA) is 108 Å². The first-order valence-electron chi connectivity index (χ1n) is 9.12. The number of methoxy groups -OCH3 is 1. The summed E-state index contributed by atoms with van der Waals surface area (Å²) in [5, 5.41) is 20.1. The summed E-state index contributed by atoms with van der Waals surface area (Å²) < 4.78 is 5.21. The van der Waals surface area contributed by atoms with Gasteiger partial charge in [0, 0.05) is 23.0 Å². The zero-order valence-electron chi connectivity index (χ0n) is 16.1. The van der Waals surface area contributed by atoms with Crippen LogP contribution >= 0.6 is 0 Å². The molecular weight excluding hydrogens is 366 g/mol. The van der Waals surface area contributed by atoms with Gasteiger partial charge in [-0.05, 0) is 53.1 Å². The largest absolute Gasteiger partial charge is 0.497 e. The molecule has 3 aromatic carbocycles. The van der Waals surface area contributed by atoms with Crippen LogP contribution in [-0.2, 0) is 0 Å². The SMILES string of the molecule is COc1cccc(C(CO)NC(=O)c2cccc(-c3ccc(N)c(C=N)c3)c2)c1. The molecule has 148 valence electrons. The fraction of sp³-hybridized carbons (Fsp3) is 0.130. The monoisotopic (exact) mass is 389 g/mol. The Kier molecular flexibility index (Phi) is 6.26. The van der Waals surface area contributed by atoms with E-state index in [4.69, 9.17) is 15.9 Å². The normalized spacial score (nSPS) is 11.5. The average Bonchev–Trinajstić information content (AvgIpc) is 2.77. The summed E-state index contributed by atoms with van der Waals surface area (Å²) in [6.45, 7) is -0.237. The number of hydrogen-bond donors (Lipinski definition) is 4. The Balaban J connectivity index is 1.84. The minimum Gasteiger partial charge on any atom is -0.497 e. The zero-order chi connectivity index (χ0) is 20.8. The molecule has 5 N–H and O–H groups in total. The minimum absolute atomic E-state index is 0.237. The van der Waals surface area contributed by atoms with Crippen LogP contribution in [0.1, 0.15) is 27.5 Å². The number of carbonyl (C=O) groups is 1. The minimum atomic E-state index is -0.553. The second-order valence-corrected chi connectivity index (χ2v) is 6.55. The lowest BCUT2D eigenvalue weighted by Crippen LogP contribution is -2.30. The molecule has 1 atom stereocenters. The van der Waals surface area contributed by atoms with Crippen LogP contribution in [-0.4, -0.2) is 30.9 Å². The molecule has 3 rings (SSSR count). The molecule has 0 spiro atoms. The summed E-state index contributed by atoms with van der Waals surface area (Å²) in [7, 11) is 1.57. The van der Waals surface area contributed by atoms with Crippen molar-refractivity contribution in [2.75, 3.05) is 19.5 Å². The molecule has 0 saturated heterocycles. The smallest absolute Gasteiger partial charge is 0.251 e. The van der Waals surface area contributed by atoms with E-state index in [9.17, 15) is 9.90 Å². The number of benzene rings is 3. The average molecular weight is 389 g/mol. The van der Waals surface area contributed by atoms with Crippen molar-refractivity contribution in [3.05, 3.63) is 83.4 Å². The van der Waals surface area contributed by atoms with Crippen molar-refractivity contribution in [1.82, 2.24) is 5.32 Å². The molecule has 0 radical (unpaired) electrons. The van der Waals surface area contributed by atoms with Gasteiger partial charge < -0.3 is 26.3 Å². The van der Waals surface area contributed by atoms with Crippen LogP contribution in [0.3, 0.4) is 0 Å². The molecule has 0 heterocycles. The molecule has 6 nitrogen and oxygen atoms in total. The molecule has 0 bridgehead atoms. The van der Waals surface area contributed by atoms with E-state index in [1.807, 2.05) is 30.3 Å². The first-order chi connectivity index (χ1) is 14.0. The van der Waals surface area contributed by atoms with Crippen molar-refractivity contribution in [3.8, 4) is 16.9 Å². The third-order valence-electron chi connectivity index (χ3n) is 4.68. The summed E-state index contributed by atoms with van der Waals surface area (Å²) in [6.07, 6.45) is 1.20. The standard InChI is InChI=1S/C23H23N3O3/c1-29-20-7-3-5-17(12-20)22(14-27)26-23(28)18-6-2-4-15(10-18)16-8-9-21(25)19(11-16)13-24/h2-13,22,24,27H,14,25H2,1H3,(H,26,28). The Labute approximate surface area is 169 Å². The predicted octanol–water partition coefficient (Wildman–Crippen LogP) is 3.41. The molecule has 6 heteroatoms. The highest BCUT2D eigenvalue weighted by molar-refractivity contribution is 5.96. The van der Waals surface area contributed by atoms with Crippen molar-refractivity contribution in [3.63, 3.8) is 0 Å². The van der Waals surface area contributed by atoms with Gasteiger partial charge in [-0.2, -0.15) is 0 Å². The lowest BCUT2D eigenvalue weighted by Gasteiger charge is -2.18. The maximum atomic E-state index is 12.8. The molecule has 0 aliphatic carbocycles. The van der Waals surface area contributed by atoms with E-state index in [1.54, 1.807) is 43.5 Å². The van der Waals surface area contributed by atoms with E-state index in [0.717, 1.165) is 16.7 Å². The number of rotatable bonds is 7. The highest BCUT2D eigenvalue weighted by Crippen LogP contribution is 2.25. The maximum Gasteiger partial charge on any atom is 0.251 e. The molecule has 0 aliphatic heterocycles. The summed E-state index contributed by atoms with van der Waals surface area (Å²) in [4.78, 5) is 12.8. The van der Waals surface area contributed by atoms with Crippen molar-refractivity contribution in [2.45, 2.75) is 6.04 Å². The highest BCUT2D eigenvalue weighted by atomic mass is 16.5. The van der Waals surface area contributed by atoms with Crippen LogP contribution in [0.25, 0.3) is 11.1 Å². The Hall–Kier alpha value is -3.64. The molecule has 29 heavy (non-hydrogen) atoms. The number of nitrogens with one attached hydrogen (secondary N) is 2. The number of anilines is 1. The van der Waals surface area contributed by atoms with Crippen LogP contribution in [0, 0.1) is 5.41 Å². The van der Waals surface area contributed by atoms with Crippen LogP contribution in [0.15, 0.2) is 66.7 Å². The first kappa shape index (κ1) is 20.1. The quantitative estimate of drug-likeness (QED) is 0.367. The van der Waals surface area contributed by atoms with Gasteiger partial charge in [0.2, 0.25) is 0 Å². The summed E-state index contributed by atoms with van der Waals surface area (Å²) in [5.41, 5.74) is 9.93. The molecule has 0 aromatic heterocycles. The lowest BCUT2D eigenvalue weighted by molar-refractivity contribution is 0.0916. The Bertz CT molecular complexity index is 1030. The van der Waals surface area contributed by atoms with Crippen molar-refractivity contribution in [2.24, 2.45) is 0 Å². The Morgan fingerprint density at radius 3 is 2.62 bits per heavy atom. The summed E-state index contributed by atoms with van der Waals surface area (Å²) >= 11 is 0. The molecule has 1 unspecified atom stereocenters. The van der Waals surface area contributed by atoms with Crippen LogP contribution < -0.4 is 15.8 Å². The van der Waals surface area contributed by atoms with Gasteiger partial charge >= 0.3 is 0 Å². The number of hydrogen-bond acceptors (Lipinski definition) is 5. The lowest BCUT2D eigenvalue weighted by atomic mass is 10.00. The second-order valence-electron chi connectivity index (χ2n) is 6.55. The highest BCUT2D eigenvalue weighted by Gasteiger charge is 2.16. The number of aliphatic hydroxyl groups is 1. The van der Waals surface area contributed by atoms with Crippen LogP contribution in [0.5, 0.6) is 5.75 Å². The Morgan fingerprint density at radius 2 is 1.90 bits per heavy atom. The van der Waals surface area contributed by atoms with E-state index in [-0.39, 0.29) is 12.5 Å². The summed E-state index contributed by atoms with van der Waals surface area (Å²) in [5.74, 6) is 0.360. The molecule has 0 aliphatic rings. The van der Waals surface area contributed by atoms with Gasteiger partial charge in [0.05, 0.1) is 19.8 Å². The van der Waals surface area contributed by atoms with Gasteiger partial charge in [-0.1, -0.05) is 30.3 Å². The fourth-order valence-electron chi connectivity index (χ4n) is 3.05. The third kappa shape index (κ3) is 4.62. The van der Waals surface area contributed by atoms with Crippen molar-refractivity contribution in [1.29, 1.82) is 5.41 Å². The van der Waals surface area contributed by atoms with Gasteiger partial charge in [-0.15, -0.1) is 0 Å². The number of ether oxygens (including phenoxy) is 1. The van der Waals surface area contributed by atoms with Crippen molar-refractivity contribution < 1.29 is 14.6 Å². The number of carbonyl (C=O) groups excluding carboxylic acids is 1. The van der Waals surface area contributed by atoms with Crippen molar-refractivity contribution >= 4 is 17.8 Å². The molecule has 0 fully saturated rings. The summed E-state index contributed by atoms with van der Waals surface area (Å²) in [6, 6.07) is 19.3. The predicted molar refractivity (Wildman–Crippen MR) is 114 cm³/mol. The van der Waals surface area contributed by atoms with Gasteiger partial charge in [-0.3, -0.25) is 4.79 Å². The van der Waals surface area contributed by atoms with E-state index in [2.05, 4.69) is 5.32 Å². The van der Waals surface area contributed by atoms with Gasteiger partial charge in [0.25, 0.3) is 5.91 Å².